The summed E-state index contributed by atoms with van der Waals surface area (Å²) in [7, 11) is 0. The van der Waals surface area contributed by atoms with Gasteiger partial charge in [-0.05, 0) is 36.8 Å². The van der Waals surface area contributed by atoms with Gasteiger partial charge in [-0.25, -0.2) is 0 Å². The lowest BCUT2D eigenvalue weighted by molar-refractivity contribution is -0.152. The van der Waals surface area contributed by atoms with Crippen LogP contribution >= 0.6 is 0 Å². The van der Waals surface area contributed by atoms with Crippen molar-refractivity contribution in [2.24, 2.45) is 0 Å². The first kappa shape index (κ1) is 17.7. The van der Waals surface area contributed by atoms with Crippen LogP contribution in [0.5, 0.6) is 17.2 Å². The van der Waals surface area contributed by atoms with Crippen molar-refractivity contribution in [2.75, 3.05) is 6.61 Å². The highest BCUT2D eigenvalue weighted by Crippen LogP contribution is 2.39. The zero-order valence-electron chi connectivity index (χ0n) is 13.4. The third-order valence-corrected chi connectivity index (χ3v) is 3.68. The van der Waals surface area contributed by atoms with Crippen molar-refractivity contribution in [3.05, 3.63) is 52.4 Å². The van der Waals surface area contributed by atoms with Crippen molar-refractivity contribution in [2.45, 2.75) is 13.1 Å². The molecule has 0 bridgehead atoms. The van der Waals surface area contributed by atoms with Crippen molar-refractivity contribution in [1.29, 1.82) is 0 Å². The van der Waals surface area contributed by atoms with Crippen LogP contribution in [0, 0.1) is 0 Å². The molecule has 2 aromatic carbocycles. The zero-order chi connectivity index (χ0) is 19.1. The Labute approximate surface area is 144 Å². The fourth-order valence-corrected chi connectivity index (χ4v) is 2.58. The molecule has 0 aliphatic rings. The third kappa shape index (κ3) is 3.05. The minimum absolute atomic E-state index is 0.0525. The summed E-state index contributed by atoms with van der Waals surface area (Å²) in [4.78, 5) is 12.7. The predicted octanol–water partition coefficient (Wildman–Crippen LogP) is 4.29. The van der Waals surface area contributed by atoms with Gasteiger partial charge in [-0.2, -0.15) is 13.2 Å². The summed E-state index contributed by atoms with van der Waals surface area (Å²) in [5, 5.41) is 19.1. The van der Waals surface area contributed by atoms with Crippen LogP contribution in [0.25, 0.3) is 22.1 Å². The summed E-state index contributed by atoms with van der Waals surface area (Å²) >= 11 is 0. The van der Waals surface area contributed by atoms with E-state index in [2.05, 4.69) is 0 Å². The Kier molecular flexibility index (Phi) is 4.27. The van der Waals surface area contributed by atoms with Crippen molar-refractivity contribution in [3.63, 3.8) is 0 Å². The van der Waals surface area contributed by atoms with Crippen LogP contribution in [0.3, 0.4) is 0 Å². The first-order chi connectivity index (χ1) is 12.2. The van der Waals surface area contributed by atoms with Gasteiger partial charge in [0.05, 0.1) is 17.6 Å². The molecule has 0 amide bonds. The Morgan fingerprint density at radius 3 is 2.50 bits per heavy atom. The number of phenols is 2. The van der Waals surface area contributed by atoms with Gasteiger partial charge in [0.25, 0.3) is 0 Å². The molecule has 0 aliphatic carbocycles. The Bertz CT molecular complexity index is 1040. The molecule has 0 radical (unpaired) electrons. The van der Waals surface area contributed by atoms with E-state index in [1.807, 2.05) is 0 Å². The second-order valence-electron chi connectivity index (χ2n) is 5.43. The van der Waals surface area contributed by atoms with Gasteiger partial charge in [0.1, 0.15) is 11.3 Å². The highest BCUT2D eigenvalue weighted by molar-refractivity contribution is 5.84. The van der Waals surface area contributed by atoms with Crippen molar-refractivity contribution in [3.8, 4) is 28.4 Å². The standard InChI is InChI=1S/C18H13F3O5/c1-2-25-14-7-9(3-6-12(14)23)15-16(24)11-5-4-10(22)8-13(11)26-17(15)18(19,20)21/h3-8,22-23H,2H2,1H3. The lowest BCUT2D eigenvalue weighted by Gasteiger charge is -2.14. The molecule has 0 saturated carbocycles. The van der Waals surface area contributed by atoms with E-state index >= 15 is 0 Å². The molecular weight excluding hydrogens is 353 g/mol. The van der Waals surface area contributed by atoms with E-state index in [0.717, 1.165) is 18.2 Å². The minimum atomic E-state index is -4.95. The topological polar surface area (TPSA) is 79.9 Å². The minimum Gasteiger partial charge on any atom is -0.508 e. The molecule has 0 unspecified atom stereocenters. The predicted molar refractivity (Wildman–Crippen MR) is 87.4 cm³/mol. The van der Waals surface area contributed by atoms with E-state index in [1.54, 1.807) is 6.92 Å². The first-order valence-corrected chi connectivity index (χ1v) is 7.55. The van der Waals surface area contributed by atoms with Crippen molar-refractivity contribution >= 4 is 11.0 Å². The molecular formula is C18H13F3O5. The number of hydrogen-bond acceptors (Lipinski definition) is 5. The summed E-state index contributed by atoms with van der Waals surface area (Å²) in [6.07, 6.45) is -4.95. The maximum Gasteiger partial charge on any atom is 0.450 e. The molecule has 3 aromatic rings. The van der Waals surface area contributed by atoms with E-state index in [0.29, 0.717) is 0 Å². The molecule has 26 heavy (non-hydrogen) atoms. The summed E-state index contributed by atoms with van der Waals surface area (Å²) < 4.78 is 50.6. The van der Waals surface area contributed by atoms with E-state index < -0.39 is 22.9 Å². The van der Waals surface area contributed by atoms with Gasteiger partial charge in [0.15, 0.2) is 11.5 Å². The average Bonchev–Trinajstić information content (AvgIpc) is 2.56. The molecule has 1 aromatic heterocycles. The number of alkyl halides is 3. The smallest absolute Gasteiger partial charge is 0.450 e. The Morgan fingerprint density at radius 2 is 1.85 bits per heavy atom. The molecule has 0 aliphatic heterocycles. The number of aromatic hydroxyl groups is 2. The van der Waals surface area contributed by atoms with Crippen LogP contribution in [-0.4, -0.2) is 16.8 Å². The van der Waals surface area contributed by atoms with Crippen LogP contribution in [0.2, 0.25) is 0 Å². The van der Waals surface area contributed by atoms with Gasteiger partial charge >= 0.3 is 6.18 Å². The number of halogens is 3. The molecule has 0 atom stereocenters. The summed E-state index contributed by atoms with van der Waals surface area (Å²) in [6, 6.07) is 6.76. The van der Waals surface area contributed by atoms with Crippen LogP contribution in [-0.2, 0) is 6.18 Å². The average molecular weight is 366 g/mol. The first-order valence-electron chi connectivity index (χ1n) is 7.55. The maximum absolute atomic E-state index is 13.5. The number of hydrogen-bond donors (Lipinski definition) is 2. The number of ether oxygens (including phenoxy) is 1. The highest BCUT2D eigenvalue weighted by Gasteiger charge is 2.39. The fraction of sp³-hybridized carbons (Fsp3) is 0.167. The summed E-state index contributed by atoms with van der Waals surface area (Å²) in [5.41, 5.74) is -2.10. The molecule has 0 fully saturated rings. The van der Waals surface area contributed by atoms with Gasteiger partial charge in [0, 0.05) is 6.07 Å². The molecule has 5 nitrogen and oxygen atoms in total. The molecule has 1 heterocycles. The van der Waals surface area contributed by atoms with Gasteiger partial charge < -0.3 is 19.4 Å². The SMILES string of the molecule is CCOc1cc(-c2c(C(F)(F)F)oc3cc(O)ccc3c2=O)ccc1O. The summed E-state index contributed by atoms with van der Waals surface area (Å²) in [6.45, 7) is 1.82. The van der Waals surface area contributed by atoms with Crippen molar-refractivity contribution < 1.29 is 32.5 Å². The molecule has 8 heteroatoms. The maximum atomic E-state index is 13.5. The number of rotatable bonds is 3. The molecule has 136 valence electrons. The quantitative estimate of drug-likeness (QED) is 0.723. The van der Waals surface area contributed by atoms with Gasteiger partial charge in [0.2, 0.25) is 11.2 Å². The lowest BCUT2D eigenvalue weighted by atomic mass is 10.0. The van der Waals surface area contributed by atoms with Gasteiger partial charge in [-0.15, -0.1) is 0 Å². The Balaban J connectivity index is 2.38. The van der Waals surface area contributed by atoms with Crippen molar-refractivity contribution in [1.82, 2.24) is 0 Å². The van der Waals surface area contributed by atoms with E-state index in [4.69, 9.17) is 9.15 Å². The highest BCUT2D eigenvalue weighted by atomic mass is 19.4. The van der Waals surface area contributed by atoms with E-state index in [1.165, 1.54) is 18.2 Å². The second kappa shape index (κ2) is 6.29. The zero-order valence-corrected chi connectivity index (χ0v) is 13.4. The number of fused-ring (bicyclic) bond motifs is 1. The number of phenolic OH excluding ortho intramolecular Hbond substituents is 2. The van der Waals surface area contributed by atoms with Crippen LogP contribution in [0.1, 0.15) is 12.7 Å². The van der Waals surface area contributed by atoms with Gasteiger partial charge in [-0.1, -0.05) is 6.07 Å². The van der Waals surface area contributed by atoms with Crippen LogP contribution in [0.15, 0.2) is 45.6 Å². The summed E-state index contributed by atoms with van der Waals surface area (Å²) in [5.74, 6) is -2.14. The largest absolute Gasteiger partial charge is 0.508 e. The van der Waals surface area contributed by atoms with E-state index in [9.17, 15) is 28.2 Å². The Morgan fingerprint density at radius 1 is 1.12 bits per heavy atom. The van der Waals surface area contributed by atoms with Gasteiger partial charge in [-0.3, -0.25) is 4.79 Å². The van der Waals surface area contributed by atoms with Crippen LogP contribution < -0.4 is 10.2 Å². The fourth-order valence-electron chi connectivity index (χ4n) is 2.58. The third-order valence-electron chi connectivity index (χ3n) is 3.68. The monoisotopic (exact) mass is 366 g/mol. The molecule has 0 spiro atoms. The van der Waals surface area contributed by atoms with Crippen LogP contribution in [0.4, 0.5) is 13.2 Å². The Hall–Kier alpha value is -3.16. The molecule has 3 rings (SSSR count). The normalized spacial score (nSPS) is 11.7. The molecule has 2 N–H and O–H groups in total. The molecule has 0 saturated heterocycles. The lowest BCUT2D eigenvalue weighted by Crippen LogP contribution is -2.16. The number of benzene rings is 2. The second-order valence-corrected chi connectivity index (χ2v) is 5.43. The van der Waals surface area contributed by atoms with E-state index in [-0.39, 0.29) is 40.4 Å².